The van der Waals surface area contributed by atoms with E-state index in [-0.39, 0.29) is 5.57 Å². The van der Waals surface area contributed by atoms with Crippen molar-refractivity contribution in [1.82, 2.24) is 0 Å². The van der Waals surface area contributed by atoms with Crippen LogP contribution >= 0.6 is 23.2 Å². The van der Waals surface area contributed by atoms with Crippen molar-refractivity contribution in [2.75, 3.05) is 5.32 Å². The Bertz CT molecular complexity index is 734. The molecule has 104 valence electrons. The molecule has 21 heavy (non-hydrogen) atoms. The molecule has 0 fully saturated rings. The molecule has 2 aromatic rings. The molecule has 0 aliphatic heterocycles. The van der Waals surface area contributed by atoms with Gasteiger partial charge in [0.05, 0.1) is 10.0 Å². The standard InChI is InChI=1S/C16H10Cl2N2O/c17-14-7-6-11(9-15(14)18)8-12(10-19)16(21)20-13-4-2-1-3-5-13/h1-9H,(H,20,21)/b12-8-. The highest BCUT2D eigenvalue weighted by Crippen LogP contribution is 2.23. The molecule has 1 N–H and O–H groups in total. The Kier molecular flexibility index (Phi) is 4.99. The third-order valence-corrected chi connectivity index (χ3v) is 3.39. The number of nitriles is 1. The van der Waals surface area contributed by atoms with Gasteiger partial charge in [0.25, 0.3) is 5.91 Å². The summed E-state index contributed by atoms with van der Waals surface area (Å²) in [4.78, 5) is 12.0. The van der Waals surface area contributed by atoms with E-state index in [0.717, 1.165) is 0 Å². The molecule has 1 amide bonds. The van der Waals surface area contributed by atoms with Gasteiger partial charge in [0.1, 0.15) is 11.6 Å². The van der Waals surface area contributed by atoms with E-state index in [1.807, 2.05) is 12.1 Å². The number of carbonyl (C=O) groups is 1. The van der Waals surface area contributed by atoms with Crippen molar-refractivity contribution in [1.29, 1.82) is 5.26 Å². The summed E-state index contributed by atoms with van der Waals surface area (Å²) in [5.74, 6) is -0.477. The number of hydrogen-bond donors (Lipinski definition) is 1. The van der Waals surface area contributed by atoms with E-state index in [4.69, 9.17) is 28.5 Å². The summed E-state index contributed by atoms with van der Waals surface area (Å²) in [6, 6.07) is 15.7. The van der Waals surface area contributed by atoms with Gasteiger partial charge in [-0.3, -0.25) is 4.79 Å². The Morgan fingerprint density at radius 3 is 2.43 bits per heavy atom. The van der Waals surface area contributed by atoms with Crippen LogP contribution in [0.3, 0.4) is 0 Å². The van der Waals surface area contributed by atoms with Gasteiger partial charge in [-0.1, -0.05) is 47.5 Å². The summed E-state index contributed by atoms with van der Waals surface area (Å²) in [6.45, 7) is 0. The van der Waals surface area contributed by atoms with Crippen molar-refractivity contribution >= 4 is 40.9 Å². The number of benzene rings is 2. The molecule has 0 aromatic heterocycles. The smallest absolute Gasteiger partial charge is 0.266 e. The van der Waals surface area contributed by atoms with Crippen molar-refractivity contribution < 1.29 is 4.79 Å². The maximum absolute atomic E-state index is 12.0. The molecule has 0 unspecified atom stereocenters. The molecule has 0 radical (unpaired) electrons. The first-order valence-electron chi connectivity index (χ1n) is 6.03. The second-order valence-electron chi connectivity index (χ2n) is 4.16. The molecule has 0 atom stereocenters. The summed E-state index contributed by atoms with van der Waals surface area (Å²) in [7, 11) is 0. The summed E-state index contributed by atoms with van der Waals surface area (Å²) < 4.78 is 0. The zero-order valence-corrected chi connectivity index (χ0v) is 12.3. The average Bonchev–Trinajstić information content (AvgIpc) is 2.49. The van der Waals surface area contributed by atoms with Gasteiger partial charge in [-0.25, -0.2) is 0 Å². The first kappa shape index (κ1) is 15.1. The molecule has 0 spiro atoms. The Morgan fingerprint density at radius 1 is 1.10 bits per heavy atom. The van der Waals surface area contributed by atoms with Crippen molar-refractivity contribution in [3.8, 4) is 6.07 Å². The lowest BCUT2D eigenvalue weighted by molar-refractivity contribution is -0.112. The first-order chi connectivity index (χ1) is 10.1. The van der Waals surface area contributed by atoms with Gasteiger partial charge >= 0.3 is 0 Å². The number of para-hydroxylation sites is 1. The van der Waals surface area contributed by atoms with Crippen LogP contribution in [0.25, 0.3) is 6.08 Å². The van der Waals surface area contributed by atoms with E-state index >= 15 is 0 Å². The first-order valence-corrected chi connectivity index (χ1v) is 6.79. The fraction of sp³-hybridized carbons (Fsp3) is 0. The molecule has 2 rings (SSSR count). The van der Waals surface area contributed by atoms with Gasteiger partial charge in [0.2, 0.25) is 0 Å². The molecule has 0 aliphatic rings. The molecule has 0 bridgehead atoms. The minimum atomic E-state index is -0.477. The molecule has 0 saturated heterocycles. The largest absolute Gasteiger partial charge is 0.321 e. The lowest BCUT2D eigenvalue weighted by Crippen LogP contribution is -2.13. The van der Waals surface area contributed by atoms with Crippen LogP contribution in [0, 0.1) is 11.3 Å². The van der Waals surface area contributed by atoms with Crippen molar-refractivity contribution in [3.05, 3.63) is 69.7 Å². The van der Waals surface area contributed by atoms with Gasteiger partial charge in [0.15, 0.2) is 0 Å². The van der Waals surface area contributed by atoms with Crippen molar-refractivity contribution in [2.45, 2.75) is 0 Å². The van der Waals surface area contributed by atoms with Crippen LogP contribution < -0.4 is 5.32 Å². The van der Waals surface area contributed by atoms with Crippen LogP contribution in [0.4, 0.5) is 5.69 Å². The van der Waals surface area contributed by atoms with E-state index in [2.05, 4.69) is 5.32 Å². The van der Waals surface area contributed by atoms with Crippen LogP contribution in [-0.4, -0.2) is 5.91 Å². The quantitative estimate of drug-likeness (QED) is 0.667. The van der Waals surface area contributed by atoms with E-state index < -0.39 is 5.91 Å². The van der Waals surface area contributed by atoms with Crippen LogP contribution in [0.5, 0.6) is 0 Å². The monoisotopic (exact) mass is 316 g/mol. The molecule has 2 aromatic carbocycles. The summed E-state index contributed by atoms with van der Waals surface area (Å²) >= 11 is 11.7. The van der Waals surface area contributed by atoms with Gasteiger partial charge in [-0.15, -0.1) is 0 Å². The number of nitrogens with one attached hydrogen (secondary N) is 1. The maximum Gasteiger partial charge on any atom is 0.266 e. The highest BCUT2D eigenvalue weighted by molar-refractivity contribution is 6.42. The Balaban J connectivity index is 2.22. The minimum Gasteiger partial charge on any atom is -0.321 e. The Hall–Kier alpha value is -2.28. The number of carbonyl (C=O) groups excluding carboxylic acids is 1. The maximum atomic E-state index is 12.0. The lowest BCUT2D eigenvalue weighted by Gasteiger charge is -2.04. The third-order valence-electron chi connectivity index (χ3n) is 2.65. The number of hydrogen-bond acceptors (Lipinski definition) is 2. The molecule has 0 heterocycles. The van der Waals surface area contributed by atoms with Crippen molar-refractivity contribution in [3.63, 3.8) is 0 Å². The van der Waals surface area contributed by atoms with E-state index in [1.54, 1.807) is 42.5 Å². The highest BCUT2D eigenvalue weighted by atomic mass is 35.5. The fourth-order valence-electron chi connectivity index (χ4n) is 1.64. The minimum absolute atomic E-state index is 0.0164. The number of rotatable bonds is 3. The second-order valence-corrected chi connectivity index (χ2v) is 4.98. The number of anilines is 1. The summed E-state index contributed by atoms with van der Waals surface area (Å²) in [5, 5.41) is 12.6. The zero-order chi connectivity index (χ0) is 15.2. The highest BCUT2D eigenvalue weighted by Gasteiger charge is 2.09. The van der Waals surface area contributed by atoms with E-state index in [9.17, 15) is 4.79 Å². The molecule has 5 heteroatoms. The molecule has 3 nitrogen and oxygen atoms in total. The van der Waals surface area contributed by atoms with Gasteiger partial charge in [-0.2, -0.15) is 5.26 Å². The Morgan fingerprint density at radius 2 is 1.81 bits per heavy atom. The zero-order valence-electron chi connectivity index (χ0n) is 10.8. The number of amides is 1. The SMILES string of the molecule is N#C/C(=C/c1ccc(Cl)c(Cl)c1)C(=O)Nc1ccccc1. The van der Waals surface area contributed by atoms with E-state index in [0.29, 0.717) is 21.3 Å². The predicted molar refractivity (Wildman–Crippen MR) is 85.1 cm³/mol. The topological polar surface area (TPSA) is 52.9 Å². The molecule has 0 saturated carbocycles. The number of halogens is 2. The van der Waals surface area contributed by atoms with Crippen LogP contribution in [0.15, 0.2) is 54.1 Å². The lowest BCUT2D eigenvalue weighted by atomic mass is 10.1. The predicted octanol–water partition coefficient (Wildman–Crippen LogP) is 4.54. The second kappa shape index (κ2) is 6.94. The Labute approximate surface area is 132 Å². The molecular formula is C16H10Cl2N2O. The van der Waals surface area contributed by atoms with E-state index in [1.165, 1.54) is 6.08 Å². The van der Waals surface area contributed by atoms with Crippen LogP contribution in [0.2, 0.25) is 10.0 Å². The fourth-order valence-corrected chi connectivity index (χ4v) is 1.94. The molecular weight excluding hydrogens is 307 g/mol. The average molecular weight is 317 g/mol. The molecule has 0 aliphatic carbocycles. The van der Waals surface area contributed by atoms with Gasteiger partial charge in [-0.05, 0) is 35.9 Å². The number of nitrogens with zero attached hydrogens (tertiary/aromatic N) is 1. The van der Waals surface area contributed by atoms with Crippen LogP contribution in [-0.2, 0) is 4.79 Å². The summed E-state index contributed by atoms with van der Waals surface area (Å²) in [6.07, 6.45) is 1.46. The third kappa shape index (κ3) is 4.09. The van der Waals surface area contributed by atoms with Crippen LogP contribution in [0.1, 0.15) is 5.56 Å². The van der Waals surface area contributed by atoms with Gasteiger partial charge < -0.3 is 5.32 Å². The normalized spacial score (nSPS) is 10.8. The summed E-state index contributed by atoms with van der Waals surface area (Å²) in [5.41, 5.74) is 1.24. The van der Waals surface area contributed by atoms with Gasteiger partial charge in [0, 0.05) is 5.69 Å². The van der Waals surface area contributed by atoms with Crippen molar-refractivity contribution in [2.24, 2.45) is 0 Å².